The van der Waals surface area contributed by atoms with Crippen LogP contribution in [0.2, 0.25) is 0 Å². The van der Waals surface area contributed by atoms with Gasteiger partial charge in [0.15, 0.2) is 0 Å². The molecule has 0 spiro atoms. The number of nitrogens with zero attached hydrogens (tertiary/aromatic N) is 3. The summed E-state index contributed by atoms with van der Waals surface area (Å²) in [6, 6.07) is 4.70. The lowest BCUT2D eigenvalue weighted by Crippen LogP contribution is -2.54. The Morgan fingerprint density at radius 2 is 2.32 bits per heavy atom. The Morgan fingerprint density at radius 1 is 1.42 bits per heavy atom. The van der Waals surface area contributed by atoms with Crippen LogP contribution in [0.4, 0.5) is 4.79 Å². The van der Waals surface area contributed by atoms with Crippen LogP contribution in [0.3, 0.4) is 0 Å². The van der Waals surface area contributed by atoms with Gasteiger partial charge in [-0.25, -0.2) is 4.79 Å². The van der Waals surface area contributed by atoms with Gasteiger partial charge in [0.2, 0.25) is 0 Å². The summed E-state index contributed by atoms with van der Waals surface area (Å²) >= 11 is 0. The third-order valence-electron chi connectivity index (χ3n) is 4.35. The predicted molar refractivity (Wildman–Crippen MR) is 73.8 cm³/mol. The van der Waals surface area contributed by atoms with Gasteiger partial charge in [0, 0.05) is 44.6 Å². The molecular weight excluding hydrogens is 240 g/mol. The standard InChI is InChI=1S/C14H22N4O/c1-16-6-2-4-12(16)10-15-14(19)18-9-8-17-7-3-5-13(17)11-18/h2,4,6,13H,3,5,7-11H2,1H3,(H,15,19). The van der Waals surface area contributed by atoms with Gasteiger partial charge in [-0.3, -0.25) is 4.90 Å². The number of urea groups is 1. The fraction of sp³-hybridized carbons (Fsp3) is 0.643. The topological polar surface area (TPSA) is 40.5 Å². The minimum Gasteiger partial charge on any atom is -0.353 e. The van der Waals surface area contributed by atoms with E-state index in [4.69, 9.17) is 0 Å². The molecule has 1 aromatic rings. The Hall–Kier alpha value is -1.49. The molecule has 2 aliphatic heterocycles. The summed E-state index contributed by atoms with van der Waals surface area (Å²) in [4.78, 5) is 16.7. The molecule has 19 heavy (non-hydrogen) atoms. The molecule has 2 fully saturated rings. The highest BCUT2D eigenvalue weighted by atomic mass is 16.2. The van der Waals surface area contributed by atoms with E-state index in [2.05, 4.69) is 10.2 Å². The van der Waals surface area contributed by atoms with Gasteiger partial charge in [-0.2, -0.15) is 0 Å². The summed E-state index contributed by atoms with van der Waals surface area (Å²) in [6.45, 7) is 4.59. The van der Waals surface area contributed by atoms with Crippen molar-refractivity contribution < 1.29 is 4.79 Å². The molecule has 1 unspecified atom stereocenters. The first kappa shape index (κ1) is 12.5. The zero-order valence-corrected chi connectivity index (χ0v) is 11.5. The highest BCUT2D eigenvalue weighted by molar-refractivity contribution is 5.74. The minimum atomic E-state index is 0.0766. The fourth-order valence-electron chi connectivity index (χ4n) is 3.13. The summed E-state index contributed by atoms with van der Waals surface area (Å²) in [5.74, 6) is 0. The smallest absolute Gasteiger partial charge is 0.317 e. The molecule has 1 atom stereocenters. The van der Waals surface area contributed by atoms with Crippen molar-refractivity contribution in [3.8, 4) is 0 Å². The van der Waals surface area contributed by atoms with Crippen molar-refractivity contribution in [1.29, 1.82) is 0 Å². The third kappa shape index (κ3) is 2.61. The molecule has 3 heterocycles. The van der Waals surface area contributed by atoms with Crippen molar-refractivity contribution in [3.63, 3.8) is 0 Å². The lowest BCUT2D eigenvalue weighted by molar-refractivity contribution is 0.117. The molecule has 0 aliphatic carbocycles. The molecule has 0 bridgehead atoms. The summed E-state index contributed by atoms with van der Waals surface area (Å²) in [7, 11) is 2.00. The van der Waals surface area contributed by atoms with Crippen LogP contribution in [-0.2, 0) is 13.6 Å². The number of amides is 2. The average molecular weight is 262 g/mol. The molecule has 2 aliphatic rings. The SMILES string of the molecule is Cn1cccc1CNC(=O)N1CCN2CCCC2C1. The van der Waals surface area contributed by atoms with E-state index in [0.717, 1.165) is 25.3 Å². The second kappa shape index (κ2) is 5.25. The molecule has 0 aromatic carbocycles. The molecule has 0 radical (unpaired) electrons. The van der Waals surface area contributed by atoms with Crippen molar-refractivity contribution in [2.75, 3.05) is 26.2 Å². The van der Waals surface area contributed by atoms with Crippen LogP contribution in [0.5, 0.6) is 0 Å². The Kier molecular flexibility index (Phi) is 3.46. The van der Waals surface area contributed by atoms with Crippen molar-refractivity contribution >= 4 is 6.03 Å². The lowest BCUT2D eigenvalue weighted by Gasteiger charge is -2.37. The molecule has 2 amide bonds. The van der Waals surface area contributed by atoms with E-state index in [-0.39, 0.29) is 6.03 Å². The summed E-state index contributed by atoms with van der Waals surface area (Å²) in [5.41, 5.74) is 1.13. The molecule has 1 aromatic heterocycles. The maximum absolute atomic E-state index is 12.2. The van der Waals surface area contributed by atoms with Crippen molar-refractivity contribution in [3.05, 3.63) is 24.0 Å². The summed E-state index contributed by atoms with van der Waals surface area (Å²) in [5, 5.41) is 3.02. The molecule has 1 N–H and O–H groups in total. The second-order valence-electron chi connectivity index (χ2n) is 5.55. The van der Waals surface area contributed by atoms with Crippen LogP contribution in [0.25, 0.3) is 0 Å². The van der Waals surface area contributed by atoms with E-state index in [1.54, 1.807) is 0 Å². The average Bonchev–Trinajstić information content (AvgIpc) is 3.03. The highest BCUT2D eigenvalue weighted by Crippen LogP contribution is 2.21. The molecule has 5 nitrogen and oxygen atoms in total. The van der Waals surface area contributed by atoms with Gasteiger partial charge in [0.05, 0.1) is 6.54 Å². The van der Waals surface area contributed by atoms with Crippen molar-refractivity contribution in [1.82, 2.24) is 19.7 Å². The number of hydrogen-bond acceptors (Lipinski definition) is 2. The van der Waals surface area contributed by atoms with E-state index in [1.165, 1.54) is 19.4 Å². The van der Waals surface area contributed by atoms with Crippen LogP contribution in [0.15, 0.2) is 18.3 Å². The quantitative estimate of drug-likeness (QED) is 0.864. The fourth-order valence-corrected chi connectivity index (χ4v) is 3.13. The van der Waals surface area contributed by atoms with Crippen LogP contribution in [-0.4, -0.2) is 52.6 Å². The maximum Gasteiger partial charge on any atom is 0.317 e. The van der Waals surface area contributed by atoms with Gasteiger partial charge >= 0.3 is 6.03 Å². The lowest BCUT2D eigenvalue weighted by atomic mass is 10.2. The van der Waals surface area contributed by atoms with Gasteiger partial charge in [-0.1, -0.05) is 0 Å². The van der Waals surface area contributed by atoms with Crippen LogP contribution < -0.4 is 5.32 Å². The Bertz CT molecular complexity index is 456. The van der Waals surface area contributed by atoms with Gasteiger partial charge in [0.1, 0.15) is 0 Å². The van der Waals surface area contributed by atoms with Gasteiger partial charge in [-0.05, 0) is 31.5 Å². The second-order valence-corrected chi connectivity index (χ2v) is 5.55. The maximum atomic E-state index is 12.2. The minimum absolute atomic E-state index is 0.0766. The van der Waals surface area contributed by atoms with E-state index < -0.39 is 0 Å². The first-order valence-corrected chi connectivity index (χ1v) is 7.11. The number of carbonyl (C=O) groups is 1. The molecule has 0 saturated carbocycles. The summed E-state index contributed by atoms with van der Waals surface area (Å²) < 4.78 is 2.04. The molecule has 3 rings (SSSR count). The predicted octanol–water partition coefficient (Wildman–Crippen LogP) is 1.01. The van der Waals surface area contributed by atoms with Crippen molar-refractivity contribution in [2.45, 2.75) is 25.4 Å². The van der Waals surface area contributed by atoms with Gasteiger partial charge < -0.3 is 14.8 Å². The van der Waals surface area contributed by atoms with E-state index in [1.807, 2.05) is 34.8 Å². The van der Waals surface area contributed by atoms with E-state index >= 15 is 0 Å². The van der Waals surface area contributed by atoms with Crippen LogP contribution in [0, 0.1) is 0 Å². The summed E-state index contributed by atoms with van der Waals surface area (Å²) in [6.07, 6.45) is 4.52. The normalized spacial score (nSPS) is 23.4. The zero-order valence-electron chi connectivity index (χ0n) is 11.5. The third-order valence-corrected chi connectivity index (χ3v) is 4.35. The van der Waals surface area contributed by atoms with E-state index in [9.17, 15) is 4.79 Å². The molecule has 5 heteroatoms. The number of rotatable bonds is 2. The van der Waals surface area contributed by atoms with Gasteiger partial charge in [0.25, 0.3) is 0 Å². The Labute approximate surface area is 114 Å². The number of aromatic nitrogens is 1. The van der Waals surface area contributed by atoms with Crippen molar-refractivity contribution in [2.24, 2.45) is 7.05 Å². The van der Waals surface area contributed by atoms with Crippen LogP contribution in [0.1, 0.15) is 18.5 Å². The van der Waals surface area contributed by atoms with Gasteiger partial charge in [-0.15, -0.1) is 0 Å². The number of fused-ring (bicyclic) bond motifs is 1. The number of carbonyl (C=O) groups excluding carboxylic acids is 1. The first-order chi connectivity index (χ1) is 9.24. The molecular formula is C14H22N4O. The number of piperazine rings is 1. The number of nitrogens with one attached hydrogen (secondary N) is 1. The largest absolute Gasteiger partial charge is 0.353 e. The van der Waals surface area contributed by atoms with Crippen LogP contribution >= 0.6 is 0 Å². The Balaban J connectivity index is 1.52. The molecule has 2 saturated heterocycles. The monoisotopic (exact) mass is 262 g/mol. The first-order valence-electron chi connectivity index (χ1n) is 7.11. The number of aryl methyl sites for hydroxylation is 1. The molecule has 104 valence electrons. The highest BCUT2D eigenvalue weighted by Gasteiger charge is 2.32. The number of hydrogen-bond donors (Lipinski definition) is 1. The zero-order chi connectivity index (χ0) is 13.2. The van der Waals surface area contributed by atoms with E-state index in [0.29, 0.717) is 12.6 Å². The Morgan fingerprint density at radius 3 is 3.11 bits per heavy atom.